The number of pyridine rings is 1. The van der Waals surface area contributed by atoms with Gasteiger partial charge in [0.25, 0.3) is 0 Å². The summed E-state index contributed by atoms with van der Waals surface area (Å²) >= 11 is 0. The van der Waals surface area contributed by atoms with Gasteiger partial charge in [0.1, 0.15) is 5.75 Å². The Morgan fingerprint density at radius 3 is 3.07 bits per heavy atom. The molecule has 1 aromatic rings. The maximum absolute atomic E-state index is 9.54. The van der Waals surface area contributed by atoms with Crippen LogP contribution in [0.1, 0.15) is 24.8 Å². The Labute approximate surface area is 89.4 Å². The fourth-order valence-electron chi connectivity index (χ4n) is 1.85. The van der Waals surface area contributed by atoms with Gasteiger partial charge in [-0.1, -0.05) is 6.08 Å². The molecule has 1 aromatic heterocycles. The van der Waals surface area contributed by atoms with Crippen molar-refractivity contribution in [3.05, 3.63) is 30.1 Å². The van der Waals surface area contributed by atoms with E-state index in [-0.39, 0.29) is 6.10 Å². The van der Waals surface area contributed by atoms with E-state index in [1.807, 2.05) is 18.3 Å². The van der Waals surface area contributed by atoms with Gasteiger partial charge >= 0.3 is 0 Å². The second kappa shape index (κ2) is 4.45. The maximum Gasteiger partial charge on any atom is 0.137 e. The largest absolute Gasteiger partial charge is 0.495 e. The first-order valence-corrected chi connectivity index (χ1v) is 5.18. The molecule has 0 spiro atoms. The summed E-state index contributed by atoms with van der Waals surface area (Å²) in [6.07, 6.45) is 8.01. The van der Waals surface area contributed by atoms with E-state index in [9.17, 15) is 5.11 Å². The molecule has 3 heteroatoms. The Hall–Kier alpha value is -1.35. The molecule has 0 radical (unpaired) electrons. The zero-order valence-corrected chi connectivity index (χ0v) is 8.81. The average Bonchev–Trinajstić information content (AvgIpc) is 2.29. The fourth-order valence-corrected chi connectivity index (χ4v) is 1.85. The van der Waals surface area contributed by atoms with E-state index >= 15 is 0 Å². The Balaban J connectivity index is 2.28. The van der Waals surface area contributed by atoms with E-state index in [2.05, 4.69) is 4.98 Å². The van der Waals surface area contributed by atoms with Gasteiger partial charge in [0.15, 0.2) is 0 Å². The first-order valence-electron chi connectivity index (χ1n) is 5.18. The van der Waals surface area contributed by atoms with Gasteiger partial charge < -0.3 is 9.84 Å². The molecule has 1 aliphatic carbocycles. The number of allylic oxidation sites excluding steroid dienone is 1. The second-order valence-corrected chi connectivity index (χ2v) is 3.76. The van der Waals surface area contributed by atoms with Crippen LogP contribution in [0.5, 0.6) is 5.75 Å². The summed E-state index contributed by atoms with van der Waals surface area (Å²) in [5, 5.41) is 9.54. The standard InChI is InChI=1S/C12H15NO2/c1-15-12-6-10(7-13-8-12)9-3-2-4-11(14)5-9/h5-8,11,14H,2-4H2,1H3. The normalized spacial score (nSPS) is 20.9. The van der Waals surface area contributed by atoms with E-state index in [1.165, 1.54) is 5.57 Å². The predicted molar refractivity (Wildman–Crippen MR) is 58.6 cm³/mol. The van der Waals surface area contributed by atoms with Crippen LogP contribution in [0.15, 0.2) is 24.5 Å². The molecule has 0 bridgehead atoms. The Bertz CT molecular complexity index is 374. The van der Waals surface area contributed by atoms with Crippen molar-refractivity contribution in [1.29, 1.82) is 0 Å². The third-order valence-electron chi connectivity index (χ3n) is 2.66. The molecule has 1 unspecified atom stereocenters. The highest BCUT2D eigenvalue weighted by molar-refractivity contribution is 5.67. The monoisotopic (exact) mass is 205 g/mol. The number of methoxy groups -OCH3 is 1. The molecule has 0 aromatic carbocycles. The molecule has 15 heavy (non-hydrogen) atoms. The highest BCUT2D eigenvalue weighted by Crippen LogP contribution is 2.28. The van der Waals surface area contributed by atoms with Gasteiger partial charge in [0, 0.05) is 6.20 Å². The third-order valence-corrected chi connectivity index (χ3v) is 2.66. The lowest BCUT2D eigenvalue weighted by molar-refractivity contribution is 0.206. The van der Waals surface area contributed by atoms with Gasteiger partial charge in [0.05, 0.1) is 19.4 Å². The van der Waals surface area contributed by atoms with Crippen LogP contribution in [0.2, 0.25) is 0 Å². The summed E-state index contributed by atoms with van der Waals surface area (Å²) in [7, 11) is 1.63. The quantitative estimate of drug-likeness (QED) is 0.803. The number of nitrogens with zero attached hydrogens (tertiary/aromatic N) is 1. The summed E-state index contributed by atoms with van der Waals surface area (Å²) in [6, 6.07) is 1.96. The van der Waals surface area contributed by atoms with Crippen LogP contribution in [0.3, 0.4) is 0 Å². The Morgan fingerprint density at radius 1 is 1.47 bits per heavy atom. The molecule has 80 valence electrons. The molecule has 1 atom stereocenters. The van der Waals surface area contributed by atoms with E-state index < -0.39 is 0 Å². The lowest BCUT2D eigenvalue weighted by atomic mass is 9.93. The van der Waals surface area contributed by atoms with Gasteiger partial charge in [-0.05, 0) is 36.5 Å². The zero-order valence-electron chi connectivity index (χ0n) is 8.81. The summed E-state index contributed by atoms with van der Waals surface area (Å²) in [5.41, 5.74) is 2.22. The molecule has 1 heterocycles. The van der Waals surface area contributed by atoms with Crippen molar-refractivity contribution in [2.75, 3.05) is 7.11 Å². The summed E-state index contributed by atoms with van der Waals surface area (Å²) in [6.45, 7) is 0. The first-order chi connectivity index (χ1) is 7.29. The molecule has 0 aliphatic heterocycles. The number of aromatic nitrogens is 1. The Kier molecular flexibility index (Phi) is 3.02. The Morgan fingerprint density at radius 2 is 2.33 bits per heavy atom. The average molecular weight is 205 g/mol. The van der Waals surface area contributed by atoms with Crippen molar-refractivity contribution < 1.29 is 9.84 Å². The van der Waals surface area contributed by atoms with Crippen molar-refractivity contribution >= 4 is 5.57 Å². The molecular weight excluding hydrogens is 190 g/mol. The summed E-state index contributed by atoms with van der Waals surface area (Å²) in [5.74, 6) is 0.758. The highest BCUT2D eigenvalue weighted by Gasteiger charge is 2.12. The SMILES string of the molecule is COc1cncc(C2=CC(O)CCC2)c1. The van der Waals surface area contributed by atoms with Crippen LogP contribution in [0.25, 0.3) is 5.57 Å². The molecule has 1 aliphatic rings. The van der Waals surface area contributed by atoms with E-state index in [0.29, 0.717) is 0 Å². The van der Waals surface area contributed by atoms with Crippen LogP contribution >= 0.6 is 0 Å². The number of rotatable bonds is 2. The number of hydrogen-bond acceptors (Lipinski definition) is 3. The van der Waals surface area contributed by atoms with Gasteiger partial charge in [-0.25, -0.2) is 0 Å². The number of aliphatic hydroxyl groups is 1. The zero-order chi connectivity index (χ0) is 10.7. The van der Waals surface area contributed by atoms with Crippen molar-refractivity contribution in [1.82, 2.24) is 4.98 Å². The molecular formula is C12H15NO2. The van der Waals surface area contributed by atoms with Crippen LogP contribution < -0.4 is 4.74 Å². The highest BCUT2D eigenvalue weighted by atomic mass is 16.5. The molecule has 0 fully saturated rings. The topological polar surface area (TPSA) is 42.4 Å². The van der Waals surface area contributed by atoms with Crippen molar-refractivity contribution in [2.24, 2.45) is 0 Å². The second-order valence-electron chi connectivity index (χ2n) is 3.76. The van der Waals surface area contributed by atoms with Gasteiger partial charge in [-0.3, -0.25) is 4.98 Å². The van der Waals surface area contributed by atoms with E-state index in [1.54, 1.807) is 13.3 Å². The fraction of sp³-hybridized carbons (Fsp3) is 0.417. The minimum atomic E-state index is -0.306. The molecule has 3 nitrogen and oxygen atoms in total. The molecule has 0 saturated carbocycles. The van der Waals surface area contributed by atoms with E-state index in [0.717, 1.165) is 30.6 Å². The summed E-state index contributed by atoms with van der Waals surface area (Å²) < 4.78 is 5.12. The van der Waals surface area contributed by atoms with Gasteiger partial charge in [-0.15, -0.1) is 0 Å². The lowest BCUT2D eigenvalue weighted by Crippen LogP contribution is -2.08. The van der Waals surface area contributed by atoms with Crippen LogP contribution in [-0.4, -0.2) is 23.3 Å². The van der Waals surface area contributed by atoms with Gasteiger partial charge in [0.2, 0.25) is 0 Å². The van der Waals surface area contributed by atoms with Gasteiger partial charge in [-0.2, -0.15) is 0 Å². The predicted octanol–water partition coefficient (Wildman–Crippen LogP) is 2.02. The lowest BCUT2D eigenvalue weighted by Gasteiger charge is -2.17. The van der Waals surface area contributed by atoms with Crippen LogP contribution in [0, 0.1) is 0 Å². The van der Waals surface area contributed by atoms with Crippen molar-refractivity contribution in [2.45, 2.75) is 25.4 Å². The minimum absolute atomic E-state index is 0.306. The molecule has 0 amide bonds. The number of aliphatic hydroxyl groups excluding tert-OH is 1. The van der Waals surface area contributed by atoms with Crippen molar-refractivity contribution in [3.63, 3.8) is 0 Å². The van der Waals surface area contributed by atoms with Crippen LogP contribution in [0.4, 0.5) is 0 Å². The number of ether oxygens (including phenoxy) is 1. The third kappa shape index (κ3) is 2.36. The maximum atomic E-state index is 9.54. The first kappa shape index (κ1) is 10.2. The number of hydrogen-bond donors (Lipinski definition) is 1. The minimum Gasteiger partial charge on any atom is -0.495 e. The molecule has 1 N–H and O–H groups in total. The smallest absolute Gasteiger partial charge is 0.137 e. The molecule has 0 saturated heterocycles. The molecule has 2 rings (SSSR count). The van der Waals surface area contributed by atoms with Crippen LogP contribution in [-0.2, 0) is 0 Å². The van der Waals surface area contributed by atoms with E-state index in [4.69, 9.17) is 4.74 Å². The van der Waals surface area contributed by atoms with Crippen molar-refractivity contribution in [3.8, 4) is 5.75 Å². The summed E-state index contributed by atoms with van der Waals surface area (Å²) in [4.78, 5) is 4.11.